The van der Waals surface area contributed by atoms with Crippen LogP contribution in [0.25, 0.3) is 10.4 Å². The number of ketones is 1. The van der Waals surface area contributed by atoms with Crippen molar-refractivity contribution in [2.45, 2.75) is 124 Å². The van der Waals surface area contributed by atoms with Gasteiger partial charge in [0, 0.05) is 10.8 Å². The van der Waals surface area contributed by atoms with Crippen LogP contribution in [0.3, 0.4) is 0 Å². The molecule has 0 saturated carbocycles. The highest BCUT2D eigenvalue weighted by Gasteiger charge is 2.50. The maximum atomic E-state index is 12.2. The van der Waals surface area contributed by atoms with Crippen molar-refractivity contribution in [3.63, 3.8) is 0 Å². The fourth-order valence-corrected chi connectivity index (χ4v) is 5.74. The molecule has 9 heteroatoms. The number of nitrogens with zero attached hydrogens (tertiary/aromatic N) is 3. The SMILES string of the molecule is CCC1O[C@@H](O[Si](C)(C)C(C)(C)C)C(N=[N+]=[N-])[C@@H](C)[C@H]1O[C@@H]1OC(C(C)=O)[C@H](C)[C@H](C)C1C. The van der Waals surface area contributed by atoms with Gasteiger partial charge >= 0.3 is 0 Å². The average Bonchev–Trinajstić information content (AvgIpc) is 2.71. The lowest BCUT2D eigenvalue weighted by atomic mass is 9.78. The lowest BCUT2D eigenvalue weighted by Gasteiger charge is -2.50. The van der Waals surface area contributed by atoms with Gasteiger partial charge < -0.3 is 18.6 Å². The summed E-state index contributed by atoms with van der Waals surface area (Å²) in [6, 6.07) is -0.518. The second kappa shape index (κ2) is 10.8. The van der Waals surface area contributed by atoms with Crippen LogP contribution in [-0.4, -0.2) is 51.0 Å². The minimum atomic E-state index is -2.16. The summed E-state index contributed by atoms with van der Waals surface area (Å²) >= 11 is 0. The molecule has 0 N–H and O–H groups in total. The van der Waals surface area contributed by atoms with Gasteiger partial charge in [-0.1, -0.05) is 60.5 Å². The molecule has 2 aliphatic rings. The van der Waals surface area contributed by atoms with Crippen LogP contribution < -0.4 is 0 Å². The highest BCUT2D eigenvalue weighted by molar-refractivity contribution is 6.74. The molecular formula is C24H45N3O5Si. The van der Waals surface area contributed by atoms with Gasteiger partial charge in [0.15, 0.2) is 26.7 Å². The highest BCUT2D eigenvalue weighted by Crippen LogP contribution is 2.43. The molecule has 0 radical (unpaired) electrons. The molecule has 0 spiro atoms. The Kier molecular flexibility index (Phi) is 9.21. The Morgan fingerprint density at radius 3 is 2.12 bits per heavy atom. The lowest BCUT2D eigenvalue weighted by molar-refractivity contribution is -0.304. The van der Waals surface area contributed by atoms with Gasteiger partial charge in [-0.15, -0.1) is 0 Å². The minimum Gasteiger partial charge on any atom is -0.392 e. The smallest absolute Gasteiger partial charge is 0.195 e. The zero-order valence-corrected chi connectivity index (χ0v) is 23.4. The van der Waals surface area contributed by atoms with Crippen LogP contribution in [0.15, 0.2) is 5.11 Å². The molecule has 0 amide bonds. The van der Waals surface area contributed by atoms with Crippen molar-refractivity contribution in [2.75, 3.05) is 0 Å². The van der Waals surface area contributed by atoms with Crippen LogP contribution in [0.1, 0.15) is 68.7 Å². The molecule has 2 aliphatic heterocycles. The number of carbonyl (C=O) groups excluding carboxylic acids is 1. The van der Waals surface area contributed by atoms with Crippen molar-refractivity contribution in [1.82, 2.24) is 0 Å². The minimum absolute atomic E-state index is 0.00449. The van der Waals surface area contributed by atoms with E-state index in [4.69, 9.17) is 18.6 Å². The molecule has 0 aromatic carbocycles. The van der Waals surface area contributed by atoms with Gasteiger partial charge in [-0.2, -0.15) is 0 Å². The Morgan fingerprint density at radius 2 is 1.64 bits per heavy atom. The van der Waals surface area contributed by atoms with E-state index in [-0.39, 0.29) is 46.7 Å². The van der Waals surface area contributed by atoms with Crippen LogP contribution >= 0.6 is 0 Å². The first-order valence-corrected chi connectivity index (χ1v) is 15.3. The first-order chi connectivity index (χ1) is 15.2. The fraction of sp³-hybridized carbons (Fsp3) is 0.958. The van der Waals surface area contributed by atoms with E-state index in [0.29, 0.717) is 0 Å². The largest absolute Gasteiger partial charge is 0.392 e. The van der Waals surface area contributed by atoms with E-state index in [2.05, 4.69) is 71.6 Å². The van der Waals surface area contributed by atoms with Crippen molar-refractivity contribution in [2.24, 2.45) is 28.8 Å². The molecule has 190 valence electrons. The Labute approximate surface area is 200 Å². The molecule has 2 saturated heterocycles. The summed E-state index contributed by atoms with van der Waals surface area (Å²) in [5.41, 5.74) is 9.30. The lowest BCUT2D eigenvalue weighted by Crippen LogP contribution is -2.59. The summed E-state index contributed by atoms with van der Waals surface area (Å²) in [6.45, 7) is 22.8. The Balaban J connectivity index is 2.30. The predicted octanol–water partition coefficient (Wildman–Crippen LogP) is 6.07. The first kappa shape index (κ1) is 28.3. The van der Waals surface area contributed by atoms with Crippen molar-refractivity contribution in [1.29, 1.82) is 0 Å². The fourth-order valence-electron chi connectivity index (χ4n) is 4.61. The van der Waals surface area contributed by atoms with Crippen LogP contribution in [0.4, 0.5) is 0 Å². The monoisotopic (exact) mass is 483 g/mol. The topological polar surface area (TPSA) is 103 Å². The van der Waals surface area contributed by atoms with Crippen LogP contribution in [-0.2, 0) is 23.4 Å². The van der Waals surface area contributed by atoms with Crippen LogP contribution in [0.2, 0.25) is 18.1 Å². The molecule has 2 fully saturated rings. The number of azide groups is 1. The van der Waals surface area contributed by atoms with E-state index < -0.39 is 33.0 Å². The van der Waals surface area contributed by atoms with Crippen molar-refractivity contribution in [3.8, 4) is 0 Å². The Bertz CT molecular complexity index is 736. The highest BCUT2D eigenvalue weighted by atomic mass is 28.4. The van der Waals surface area contributed by atoms with E-state index in [1.807, 2.05) is 6.92 Å². The molecule has 8 nitrogen and oxygen atoms in total. The van der Waals surface area contributed by atoms with Gasteiger partial charge in [-0.3, -0.25) is 4.79 Å². The van der Waals surface area contributed by atoms with Crippen LogP contribution in [0, 0.1) is 23.7 Å². The molecule has 2 rings (SSSR count). The van der Waals surface area contributed by atoms with Gasteiger partial charge in [-0.05, 0) is 54.8 Å². The number of carbonyl (C=O) groups is 1. The normalized spacial score (nSPS) is 40.2. The molecule has 0 bridgehead atoms. The Hall–Kier alpha value is -0.963. The summed E-state index contributed by atoms with van der Waals surface area (Å²) < 4.78 is 25.7. The standard InChI is InChI=1S/C24H45N3O5Si/c1-12-18-21(31-22-15(4)13(2)14(3)20(30-22)17(6)28)16(5)19(26-27-25)23(29-18)32-33(10,11)24(7,8)9/h13-16,18-23H,12H2,1-11H3/t13-,14+,15?,16+,18?,19?,20?,21+,22-,23-/m0/s1. The summed E-state index contributed by atoms with van der Waals surface area (Å²) in [4.78, 5) is 15.3. The van der Waals surface area contributed by atoms with Gasteiger partial charge in [0.1, 0.15) is 6.10 Å². The third kappa shape index (κ3) is 6.00. The van der Waals surface area contributed by atoms with Crippen molar-refractivity contribution >= 4 is 14.1 Å². The van der Waals surface area contributed by atoms with E-state index >= 15 is 0 Å². The number of hydrogen-bond acceptors (Lipinski definition) is 6. The van der Waals surface area contributed by atoms with Gasteiger partial charge in [0.05, 0.1) is 18.2 Å². The number of hydrogen-bond donors (Lipinski definition) is 0. The number of ether oxygens (including phenoxy) is 3. The molecule has 0 aliphatic carbocycles. The molecule has 33 heavy (non-hydrogen) atoms. The zero-order chi connectivity index (χ0) is 25.3. The van der Waals surface area contributed by atoms with Gasteiger partial charge in [0.25, 0.3) is 0 Å². The maximum Gasteiger partial charge on any atom is 0.195 e. The molecule has 2 heterocycles. The Morgan fingerprint density at radius 1 is 1.03 bits per heavy atom. The quantitative estimate of drug-likeness (QED) is 0.189. The average molecular weight is 484 g/mol. The van der Waals surface area contributed by atoms with E-state index in [9.17, 15) is 10.3 Å². The summed E-state index contributed by atoms with van der Waals surface area (Å²) in [6.07, 6.45) is -1.48. The summed E-state index contributed by atoms with van der Waals surface area (Å²) in [7, 11) is -2.16. The third-order valence-electron chi connectivity index (χ3n) is 8.35. The van der Waals surface area contributed by atoms with Gasteiger partial charge in [0.2, 0.25) is 0 Å². The first-order valence-electron chi connectivity index (χ1n) is 12.3. The maximum absolute atomic E-state index is 12.2. The summed E-state index contributed by atoms with van der Waals surface area (Å²) in [5.74, 6) is 0.373. The second-order valence-electron chi connectivity index (χ2n) is 11.6. The molecule has 10 atom stereocenters. The molecule has 0 aromatic heterocycles. The van der Waals surface area contributed by atoms with Crippen molar-refractivity contribution in [3.05, 3.63) is 10.4 Å². The van der Waals surface area contributed by atoms with E-state index in [1.165, 1.54) is 0 Å². The van der Waals surface area contributed by atoms with E-state index in [1.54, 1.807) is 6.92 Å². The van der Waals surface area contributed by atoms with Gasteiger partial charge in [-0.25, -0.2) is 0 Å². The third-order valence-corrected chi connectivity index (χ3v) is 12.8. The predicted molar refractivity (Wildman–Crippen MR) is 131 cm³/mol. The number of Topliss-reactive ketones (excluding diaryl/α,β-unsaturated/α-hetero) is 1. The zero-order valence-electron chi connectivity index (χ0n) is 22.4. The second-order valence-corrected chi connectivity index (χ2v) is 16.4. The molecule has 0 aromatic rings. The van der Waals surface area contributed by atoms with Crippen LogP contribution in [0.5, 0.6) is 0 Å². The molecular weight excluding hydrogens is 438 g/mol. The summed E-state index contributed by atoms with van der Waals surface area (Å²) in [5, 5.41) is 4.09. The molecule has 4 unspecified atom stereocenters. The van der Waals surface area contributed by atoms with E-state index in [0.717, 1.165) is 6.42 Å². The number of rotatable bonds is 7. The van der Waals surface area contributed by atoms with Crippen molar-refractivity contribution < 1.29 is 23.4 Å².